The number of hydrogen-bond acceptors (Lipinski definition) is 4. The third kappa shape index (κ3) is 7.58. The van der Waals surface area contributed by atoms with E-state index in [1.807, 2.05) is 44.2 Å². The van der Waals surface area contributed by atoms with Gasteiger partial charge in [0.25, 0.3) is 10.0 Å². The summed E-state index contributed by atoms with van der Waals surface area (Å²) in [5.41, 5.74) is 2.32. The van der Waals surface area contributed by atoms with Crippen molar-refractivity contribution in [2.75, 3.05) is 23.9 Å². The molecule has 0 saturated carbocycles. The molecule has 2 amide bonds. The van der Waals surface area contributed by atoms with Gasteiger partial charge in [0.05, 0.1) is 10.6 Å². The van der Waals surface area contributed by atoms with Crippen molar-refractivity contribution in [2.45, 2.75) is 44.6 Å². The van der Waals surface area contributed by atoms with Crippen LogP contribution < -0.4 is 9.62 Å². The van der Waals surface area contributed by atoms with Gasteiger partial charge in [-0.05, 0) is 68.7 Å². The SMILES string of the molecule is CCCNC(=O)C(C)N(CCc1ccccc1)C(=O)CN(c1ccc(C)cc1)S(=O)(=O)c1ccc(Cl)cc1. The van der Waals surface area contributed by atoms with Gasteiger partial charge in [0, 0.05) is 18.1 Å². The maximum atomic E-state index is 13.8. The van der Waals surface area contributed by atoms with Crippen LogP contribution in [0.1, 0.15) is 31.4 Å². The third-order valence-electron chi connectivity index (χ3n) is 6.20. The minimum absolute atomic E-state index is 0.0137. The molecule has 1 N–H and O–H groups in total. The highest BCUT2D eigenvalue weighted by Gasteiger charge is 2.32. The van der Waals surface area contributed by atoms with Crippen molar-refractivity contribution in [3.8, 4) is 0 Å². The molecule has 0 aromatic heterocycles. The summed E-state index contributed by atoms with van der Waals surface area (Å²) in [5, 5.41) is 3.24. The van der Waals surface area contributed by atoms with Crippen molar-refractivity contribution in [3.05, 3.63) is 95.0 Å². The van der Waals surface area contributed by atoms with Gasteiger partial charge in [0.1, 0.15) is 12.6 Å². The van der Waals surface area contributed by atoms with Crippen LogP contribution in [0.5, 0.6) is 0 Å². The van der Waals surface area contributed by atoms with Gasteiger partial charge in [0.2, 0.25) is 11.8 Å². The molecule has 0 spiro atoms. The fourth-order valence-electron chi connectivity index (χ4n) is 3.94. The number of hydrogen-bond donors (Lipinski definition) is 1. The molecule has 0 aliphatic carbocycles. The largest absolute Gasteiger partial charge is 0.354 e. The predicted molar refractivity (Wildman–Crippen MR) is 152 cm³/mol. The van der Waals surface area contributed by atoms with Crippen LogP contribution in [0.3, 0.4) is 0 Å². The van der Waals surface area contributed by atoms with E-state index in [1.165, 1.54) is 29.2 Å². The number of rotatable bonds is 12. The zero-order valence-corrected chi connectivity index (χ0v) is 23.5. The molecule has 3 rings (SSSR count). The molecule has 3 aromatic carbocycles. The highest BCUT2D eigenvalue weighted by atomic mass is 35.5. The minimum atomic E-state index is -4.11. The van der Waals surface area contributed by atoms with E-state index in [9.17, 15) is 18.0 Å². The van der Waals surface area contributed by atoms with E-state index in [1.54, 1.807) is 31.2 Å². The lowest BCUT2D eigenvalue weighted by Crippen LogP contribution is -2.52. The van der Waals surface area contributed by atoms with Gasteiger partial charge in [-0.1, -0.05) is 66.6 Å². The van der Waals surface area contributed by atoms with E-state index in [-0.39, 0.29) is 17.3 Å². The first-order chi connectivity index (χ1) is 18.1. The highest BCUT2D eigenvalue weighted by molar-refractivity contribution is 7.92. The summed E-state index contributed by atoms with van der Waals surface area (Å²) in [6.45, 7) is 5.79. The number of aryl methyl sites for hydroxylation is 1. The van der Waals surface area contributed by atoms with Crippen molar-refractivity contribution >= 4 is 39.1 Å². The van der Waals surface area contributed by atoms with Crippen molar-refractivity contribution in [1.29, 1.82) is 0 Å². The highest BCUT2D eigenvalue weighted by Crippen LogP contribution is 2.25. The van der Waals surface area contributed by atoms with Crippen LogP contribution in [0, 0.1) is 6.92 Å². The van der Waals surface area contributed by atoms with Crippen LogP contribution in [-0.2, 0) is 26.0 Å². The number of halogens is 1. The smallest absolute Gasteiger partial charge is 0.264 e. The summed E-state index contributed by atoms with van der Waals surface area (Å²) >= 11 is 5.98. The second kappa shape index (κ2) is 13.4. The quantitative estimate of drug-likeness (QED) is 0.347. The number of nitrogens with zero attached hydrogens (tertiary/aromatic N) is 2. The summed E-state index contributed by atoms with van der Waals surface area (Å²) in [4.78, 5) is 28.1. The van der Waals surface area contributed by atoms with Crippen molar-refractivity contribution in [3.63, 3.8) is 0 Å². The second-order valence-electron chi connectivity index (χ2n) is 9.09. The Hall–Kier alpha value is -3.36. The minimum Gasteiger partial charge on any atom is -0.354 e. The lowest BCUT2D eigenvalue weighted by molar-refractivity contribution is -0.138. The van der Waals surface area contributed by atoms with Crippen LogP contribution in [-0.4, -0.2) is 50.8 Å². The molecule has 202 valence electrons. The van der Waals surface area contributed by atoms with Gasteiger partial charge in [-0.15, -0.1) is 0 Å². The number of nitrogens with one attached hydrogen (secondary N) is 1. The molecule has 3 aromatic rings. The first kappa shape index (κ1) is 29.2. The maximum Gasteiger partial charge on any atom is 0.264 e. The number of sulfonamides is 1. The summed E-state index contributed by atoms with van der Waals surface area (Å²) < 4.78 is 28.6. The molecule has 1 atom stereocenters. The monoisotopic (exact) mass is 555 g/mol. The van der Waals surface area contributed by atoms with Gasteiger partial charge in [-0.25, -0.2) is 8.42 Å². The first-order valence-electron chi connectivity index (χ1n) is 12.6. The first-order valence-corrected chi connectivity index (χ1v) is 14.4. The van der Waals surface area contributed by atoms with Crippen LogP contribution >= 0.6 is 11.6 Å². The molecule has 0 aliphatic rings. The van der Waals surface area contributed by atoms with E-state index in [0.717, 1.165) is 21.9 Å². The van der Waals surface area contributed by atoms with Gasteiger partial charge < -0.3 is 10.2 Å². The summed E-state index contributed by atoms with van der Waals surface area (Å²) in [6, 6.07) is 21.6. The van der Waals surface area contributed by atoms with Gasteiger partial charge >= 0.3 is 0 Å². The lowest BCUT2D eigenvalue weighted by Gasteiger charge is -2.32. The van der Waals surface area contributed by atoms with Gasteiger partial charge in [-0.3, -0.25) is 13.9 Å². The van der Waals surface area contributed by atoms with E-state index in [4.69, 9.17) is 11.6 Å². The van der Waals surface area contributed by atoms with Crippen molar-refractivity contribution in [2.24, 2.45) is 0 Å². The number of carbonyl (C=O) groups excluding carboxylic acids is 2. The molecular weight excluding hydrogens is 522 g/mol. The molecule has 0 heterocycles. The zero-order chi connectivity index (χ0) is 27.7. The lowest BCUT2D eigenvalue weighted by atomic mass is 10.1. The topological polar surface area (TPSA) is 86.8 Å². The number of benzene rings is 3. The van der Waals surface area contributed by atoms with Crippen molar-refractivity contribution in [1.82, 2.24) is 10.2 Å². The molecule has 0 fully saturated rings. The normalized spacial score (nSPS) is 12.0. The Balaban J connectivity index is 1.95. The molecule has 7 nitrogen and oxygen atoms in total. The predicted octanol–water partition coefficient (Wildman–Crippen LogP) is 4.83. The molecule has 0 bridgehead atoms. The van der Waals surface area contributed by atoms with Crippen LogP contribution in [0.2, 0.25) is 5.02 Å². The average Bonchev–Trinajstić information content (AvgIpc) is 2.91. The Morgan fingerprint density at radius 3 is 2.18 bits per heavy atom. The standard InChI is InChI=1S/C29H34ClN3O4S/c1-4-19-31-29(35)23(3)32(20-18-24-8-6-5-7-9-24)28(34)21-33(26-14-10-22(2)11-15-26)38(36,37)27-16-12-25(30)13-17-27/h5-17,23H,4,18-21H2,1-3H3,(H,31,35). The Morgan fingerprint density at radius 1 is 0.947 bits per heavy atom. The number of carbonyl (C=O) groups is 2. The molecule has 1 unspecified atom stereocenters. The van der Waals surface area contributed by atoms with E-state index in [2.05, 4.69) is 5.32 Å². The maximum absolute atomic E-state index is 13.8. The third-order valence-corrected chi connectivity index (χ3v) is 8.24. The summed E-state index contributed by atoms with van der Waals surface area (Å²) in [6.07, 6.45) is 1.28. The molecule has 0 saturated heterocycles. The Bertz CT molecular complexity index is 1310. The molecule has 38 heavy (non-hydrogen) atoms. The Morgan fingerprint density at radius 2 is 1.58 bits per heavy atom. The van der Waals surface area contributed by atoms with Crippen LogP contribution in [0.25, 0.3) is 0 Å². The Kier molecular flexibility index (Phi) is 10.3. The summed E-state index contributed by atoms with van der Waals surface area (Å²) in [5.74, 6) is -0.756. The molecule has 0 radical (unpaired) electrons. The molecule has 9 heteroatoms. The molecular formula is C29H34ClN3O4S. The number of anilines is 1. The Labute approximate surface area is 230 Å². The van der Waals surface area contributed by atoms with Gasteiger partial charge in [-0.2, -0.15) is 0 Å². The van der Waals surface area contributed by atoms with E-state index in [0.29, 0.717) is 23.7 Å². The van der Waals surface area contributed by atoms with Gasteiger partial charge in [0.15, 0.2) is 0 Å². The number of amides is 2. The van der Waals surface area contributed by atoms with Crippen LogP contribution in [0.15, 0.2) is 83.8 Å². The average molecular weight is 556 g/mol. The second-order valence-corrected chi connectivity index (χ2v) is 11.4. The van der Waals surface area contributed by atoms with Crippen LogP contribution in [0.4, 0.5) is 5.69 Å². The summed E-state index contributed by atoms with van der Waals surface area (Å²) in [7, 11) is -4.11. The van der Waals surface area contributed by atoms with E-state index < -0.39 is 28.5 Å². The molecule has 0 aliphatic heterocycles. The zero-order valence-electron chi connectivity index (χ0n) is 21.9. The fraction of sp³-hybridized carbons (Fsp3) is 0.310. The fourth-order valence-corrected chi connectivity index (χ4v) is 5.48. The van der Waals surface area contributed by atoms with Crippen molar-refractivity contribution < 1.29 is 18.0 Å². The van der Waals surface area contributed by atoms with E-state index >= 15 is 0 Å².